The highest BCUT2D eigenvalue weighted by atomic mass is 16.5. The van der Waals surface area contributed by atoms with Gasteiger partial charge in [-0.1, -0.05) is 23.8 Å². The van der Waals surface area contributed by atoms with Crippen molar-refractivity contribution in [1.82, 2.24) is 4.90 Å². The number of hydrogen-bond acceptors (Lipinski definition) is 3. The number of rotatable bonds is 5. The number of carbonyl (C=O) groups is 2. The molecule has 0 aliphatic carbocycles. The predicted molar refractivity (Wildman–Crippen MR) is 99.3 cm³/mol. The van der Waals surface area contributed by atoms with Crippen LogP contribution in [0.25, 0.3) is 0 Å². The lowest BCUT2D eigenvalue weighted by atomic mass is 10.1. The maximum absolute atomic E-state index is 12.8. The Hall–Kier alpha value is -2.82. The molecular weight excluding hydrogens is 316 g/mol. The van der Waals surface area contributed by atoms with Crippen LogP contribution in [0.4, 0.5) is 5.69 Å². The Morgan fingerprint density at radius 1 is 1.00 bits per heavy atom. The first-order valence-electron chi connectivity index (χ1n) is 8.08. The van der Waals surface area contributed by atoms with Gasteiger partial charge in [-0.05, 0) is 43.7 Å². The van der Waals surface area contributed by atoms with Gasteiger partial charge in [0.15, 0.2) is 6.61 Å². The first kappa shape index (κ1) is 18.5. The molecule has 0 fully saturated rings. The SMILES string of the molecule is Cc1ccc(N(C)C(=O)c2cccc(OCC(=O)N(C)C)c2)c(C)c1. The molecule has 0 bridgehead atoms. The number of carbonyl (C=O) groups excluding carboxylic acids is 2. The zero-order chi connectivity index (χ0) is 18.6. The summed E-state index contributed by atoms with van der Waals surface area (Å²) in [5, 5.41) is 0. The lowest BCUT2D eigenvalue weighted by Gasteiger charge is -2.20. The maximum Gasteiger partial charge on any atom is 0.259 e. The quantitative estimate of drug-likeness (QED) is 0.840. The van der Waals surface area contributed by atoms with E-state index < -0.39 is 0 Å². The molecule has 2 aromatic rings. The molecule has 5 nitrogen and oxygen atoms in total. The Kier molecular flexibility index (Phi) is 5.80. The van der Waals surface area contributed by atoms with Crippen LogP contribution in [-0.4, -0.2) is 44.5 Å². The van der Waals surface area contributed by atoms with Crippen molar-refractivity contribution in [3.63, 3.8) is 0 Å². The van der Waals surface area contributed by atoms with Gasteiger partial charge in [-0.15, -0.1) is 0 Å². The van der Waals surface area contributed by atoms with Crippen LogP contribution < -0.4 is 9.64 Å². The van der Waals surface area contributed by atoms with Gasteiger partial charge >= 0.3 is 0 Å². The van der Waals surface area contributed by atoms with Crippen LogP contribution in [0.2, 0.25) is 0 Å². The van der Waals surface area contributed by atoms with Crippen molar-refractivity contribution in [3.8, 4) is 5.75 Å². The van der Waals surface area contributed by atoms with E-state index in [1.165, 1.54) is 4.90 Å². The topological polar surface area (TPSA) is 49.9 Å². The highest BCUT2D eigenvalue weighted by Gasteiger charge is 2.16. The molecule has 0 N–H and O–H groups in total. The molecule has 2 rings (SSSR count). The summed E-state index contributed by atoms with van der Waals surface area (Å²) in [6.45, 7) is 3.95. The van der Waals surface area contributed by atoms with Gasteiger partial charge in [0, 0.05) is 32.4 Å². The summed E-state index contributed by atoms with van der Waals surface area (Å²) < 4.78 is 5.48. The van der Waals surface area contributed by atoms with E-state index in [0.29, 0.717) is 11.3 Å². The summed E-state index contributed by atoms with van der Waals surface area (Å²) in [6.07, 6.45) is 0. The van der Waals surface area contributed by atoms with Crippen LogP contribution in [0.3, 0.4) is 0 Å². The van der Waals surface area contributed by atoms with Crippen molar-refractivity contribution in [2.75, 3.05) is 32.6 Å². The maximum atomic E-state index is 12.8. The number of aryl methyl sites for hydroxylation is 2. The van der Waals surface area contributed by atoms with Crippen molar-refractivity contribution in [2.45, 2.75) is 13.8 Å². The minimum atomic E-state index is -0.135. The molecule has 2 amide bonds. The second kappa shape index (κ2) is 7.83. The minimum Gasteiger partial charge on any atom is -0.484 e. The standard InChI is InChI=1S/C20H24N2O3/c1-14-9-10-18(15(2)11-14)22(5)20(24)16-7-6-8-17(12-16)25-13-19(23)21(3)4/h6-12H,13H2,1-5H3. The molecule has 25 heavy (non-hydrogen) atoms. The van der Waals surface area contributed by atoms with E-state index in [-0.39, 0.29) is 18.4 Å². The van der Waals surface area contributed by atoms with Crippen LogP contribution in [0.15, 0.2) is 42.5 Å². The molecule has 0 atom stereocenters. The summed E-state index contributed by atoms with van der Waals surface area (Å²) in [5.41, 5.74) is 3.57. The average Bonchev–Trinajstić information content (AvgIpc) is 2.58. The van der Waals surface area contributed by atoms with Crippen molar-refractivity contribution in [2.24, 2.45) is 0 Å². The first-order chi connectivity index (χ1) is 11.8. The van der Waals surface area contributed by atoms with Gasteiger partial charge in [0.25, 0.3) is 11.8 Å². The second-order valence-electron chi connectivity index (χ2n) is 6.26. The van der Waals surface area contributed by atoms with Crippen molar-refractivity contribution >= 4 is 17.5 Å². The molecule has 0 aliphatic heterocycles. The van der Waals surface area contributed by atoms with E-state index >= 15 is 0 Å². The van der Waals surface area contributed by atoms with Gasteiger partial charge in [-0.25, -0.2) is 0 Å². The zero-order valence-corrected chi connectivity index (χ0v) is 15.4. The molecule has 5 heteroatoms. The van der Waals surface area contributed by atoms with Gasteiger partial charge in [-0.2, -0.15) is 0 Å². The van der Waals surface area contributed by atoms with Crippen LogP contribution in [0.5, 0.6) is 5.75 Å². The lowest BCUT2D eigenvalue weighted by molar-refractivity contribution is -0.130. The third-order valence-electron chi connectivity index (χ3n) is 3.96. The fraction of sp³-hybridized carbons (Fsp3) is 0.300. The predicted octanol–water partition coefficient (Wildman–Crippen LogP) is 3.05. The number of benzene rings is 2. The van der Waals surface area contributed by atoms with E-state index in [2.05, 4.69) is 0 Å². The van der Waals surface area contributed by atoms with Crippen molar-refractivity contribution < 1.29 is 14.3 Å². The largest absolute Gasteiger partial charge is 0.484 e. The van der Waals surface area contributed by atoms with Gasteiger partial charge in [0.1, 0.15) is 5.75 Å². The fourth-order valence-electron chi connectivity index (χ4n) is 2.48. The number of nitrogens with zero attached hydrogens (tertiary/aromatic N) is 2. The molecule has 0 aliphatic rings. The Bertz CT molecular complexity index is 784. The van der Waals surface area contributed by atoms with Gasteiger partial charge in [-0.3, -0.25) is 9.59 Å². The van der Waals surface area contributed by atoms with Crippen molar-refractivity contribution in [3.05, 3.63) is 59.2 Å². The Morgan fingerprint density at radius 3 is 2.36 bits per heavy atom. The summed E-state index contributed by atoms with van der Waals surface area (Å²) in [7, 11) is 5.10. The Balaban J connectivity index is 2.16. The minimum absolute atomic E-state index is 0.0580. The monoisotopic (exact) mass is 340 g/mol. The average molecular weight is 340 g/mol. The summed E-state index contributed by atoms with van der Waals surface area (Å²) >= 11 is 0. The Labute approximate surface area is 148 Å². The molecule has 0 aromatic heterocycles. The number of anilines is 1. The molecule has 0 unspecified atom stereocenters. The number of amides is 2. The van der Waals surface area contributed by atoms with E-state index in [1.54, 1.807) is 50.3 Å². The highest BCUT2D eigenvalue weighted by Crippen LogP contribution is 2.23. The molecule has 0 spiro atoms. The van der Waals surface area contributed by atoms with Crippen LogP contribution in [-0.2, 0) is 4.79 Å². The van der Waals surface area contributed by atoms with E-state index in [1.807, 2.05) is 32.0 Å². The Morgan fingerprint density at radius 2 is 1.72 bits per heavy atom. The summed E-state index contributed by atoms with van der Waals surface area (Å²) in [4.78, 5) is 27.5. The summed E-state index contributed by atoms with van der Waals surface area (Å²) in [6, 6.07) is 12.9. The number of ether oxygens (including phenoxy) is 1. The number of hydrogen-bond donors (Lipinski definition) is 0. The number of likely N-dealkylation sites (N-methyl/N-ethyl adjacent to an activating group) is 1. The van der Waals surface area contributed by atoms with E-state index in [9.17, 15) is 9.59 Å². The van der Waals surface area contributed by atoms with Crippen LogP contribution in [0, 0.1) is 13.8 Å². The second-order valence-corrected chi connectivity index (χ2v) is 6.26. The van der Waals surface area contributed by atoms with Crippen LogP contribution >= 0.6 is 0 Å². The molecular formula is C20H24N2O3. The van der Waals surface area contributed by atoms with Gasteiger partial charge < -0.3 is 14.5 Å². The van der Waals surface area contributed by atoms with Gasteiger partial charge in [0.05, 0.1) is 0 Å². The lowest BCUT2D eigenvalue weighted by Crippen LogP contribution is -2.28. The van der Waals surface area contributed by atoms with Gasteiger partial charge in [0.2, 0.25) is 0 Å². The smallest absolute Gasteiger partial charge is 0.259 e. The van der Waals surface area contributed by atoms with E-state index in [0.717, 1.165) is 16.8 Å². The normalized spacial score (nSPS) is 10.3. The molecule has 132 valence electrons. The highest BCUT2D eigenvalue weighted by molar-refractivity contribution is 6.06. The van der Waals surface area contributed by atoms with E-state index in [4.69, 9.17) is 4.74 Å². The molecule has 0 radical (unpaired) electrons. The molecule has 0 saturated carbocycles. The zero-order valence-electron chi connectivity index (χ0n) is 15.4. The molecule has 2 aromatic carbocycles. The summed E-state index contributed by atoms with van der Waals surface area (Å²) in [5.74, 6) is 0.232. The molecule has 0 saturated heterocycles. The third-order valence-corrected chi connectivity index (χ3v) is 3.96. The van der Waals surface area contributed by atoms with Crippen molar-refractivity contribution in [1.29, 1.82) is 0 Å². The third kappa shape index (κ3) is 4.59. The molecule has 0 heterocycles. The first-order valence-corrected chi connectivity index (χ1v) is 8.08. The van der Waals surface area contributed by atoms with Crippen LogP contribution in [0.1, 0.15) is 21.5 Å². The fourth-order valence-corrected chi connectivity index (χ4v) is 2.48.